The molecule has 0 radical (unpaired) electrons. The number of hydrogen-bond donors (Lipinski definition) is 1. The van der Waals surface area contributed by atoms with E-state index in [2.05, 4.69) is 10.2 Å². The van der Waals surface area contributed by atoms with E-state index in [1.54, 1.807) is 0 Å². The van der Waals surface area contributed by atoms with Gasteiger partial charge < -0.3 is 14.8 Å². The number of carbonyl (C=O) groups is 2. The van der Waals surface area contributed by atoms with E-state index in [0.717, 1.165) is 19.5 Å². The summed E-state index contributed by atoms with van der Waals surface area (Å²) in [6.07, 6.45) is 1.68. The molecule has 2 aliphatic heterocycles. The van der Waals surface area contributed by atoms with Crippen LogP contribution in [-0.2, 0) is 14.3 Å². The number of nitrogens with one attached hydrogen (secondary N) is 1. The zero-order valence-electron chi connectivity index (χ0n) is 13.2. The first-order chi connectivity index (χ1) is 9.85. The Bertz CT molecular complexity index is 382. The summed E-state index contributed by atoms with van der Waals surface area (Å²) in [4.78, 5) is 25.6. The van der Waals surface area contributed by atoms with Crippen LogP contribution in [0, 0.1) is 0 Å². The van der Waals surface area contributed by atoms with E-state index in [1.807, 2.05) is 20.8 Å². The van der Waals surface area contributed by atoms with Crippen molar-refractivity contribution in [1.29, 1.82) is 0 Å². The highest BCUT2D eigenvalue weighted by Crippen LogP contribution is 2.19. The third-order valence-electron chi connectivity index (χ3n) is 3.85. The van der Waals surface area contributed by atoms with Crippen LogP contribution in [0.4, 0.5) is 4.79 Å². The second-order valence-corrected chi connectivity index (χ2v) is 6.76. The van der Waals surface area contributed by atoms with E-state index in [-0.39, 0.29) is 12.1 Å². The standard InChI is InChI=1S/C15H26N2O4/c1-15(2,3)21-14(19)16-12-10-20-9-6-13(12)17-7-4-11(18)5-8-17/h12-13H,4-10H2,1-3H3,(H,16,19). The molecule has 0 saturated carbocycles. The van der Waals surface area contributed by atoms with Gasteiger partial charge in [0.1, 0.15) is 11.4 Å². The van der Waals surface area contributed by atoms with E-state index in [1.165, 1.54) is 0 Å². The fraction of sp³-hybridized carbons (Fsp3) is 0.867. The number of amides is 1. The predicted octanol–water partition coefficient (Wildman–Crippen LogP) is 1.33. The smallest absolute Gasteiger partial charge is 0.408 e. The molecule has 2 rings (SSSR count). The number of hydrogen-bond acceptors (Lipinski definition) is 5. The second-order valence-electron chi connectivity index (χ2n) is 6.76. The lowest BCUT2D eigenvalue weighted by atomic mass is 9.98. The highest BCUT2D eigenvalue weighted by molar-refractivity contribution is 5.79. The summed E-state index contributed by atoms with van der Waals surface area (Å²) < 4.78 is 10.8. The molecule has 2 fully saturated rings. The summed E-state index contributed by atoms with van der Waals surface area (Å²) in [6.45, 7) is 8.27. The lowest BCUT2D eigenvalue weighted by molar-refractivity contribution is -0.122. The topological polar surface area (TPSA) is 67.9 Å². The van der Waals surface area contributed by atoms with E-state index in [4.69, 9.17) is 9.47 Å². The first-order valence-corrected chi connectivity index (χ1v) is 7.68. The molecule has 1 amide bonds. The van der Waals surface area contributed by atoms with Gasteiger partial charge in [-0.15, -0.1) is 0 Å². The largest absolute Gasteiger partial charge is 0.444 e. The maximum absolute atomic E-state index is 11.9. The molecule has 0 bridgehead atoms. The summed E-state index contributed by atoms with van der Waals surface area (Å²) in [7, 11) is 0. The summed E-state index contributed by atoms with van der Waals surface area (Å²) in [5.74, 6) is 0.329. The fourth-order valence-electron chi connectivity index (χ4n) is 2.87. The first kappa shape index (κ1) is 16.2. The molecular weight excluding hydrogens is 272 g/mol. The molecule has 2 unspecified atom stereocenters. The van der Waals surface area contributed by atoms with Gasteiger partial charge in [-0.3, -0.25) is 9.69 Å². The van der Waals surface area contributed by atoms with Gasteiger partial charge in [0.25, 0.3) is 0 Å². The summed E-state index contributed by atoms with van der Waals surface area (Å²) in [6, 6.07) is 0.140. The van der Waals surface area contributed by atoms with Crippen molar-refractivity contribution in [3.05, 3.63) is 0 Å². The van der Waals surface area contributed by atoms with Crippen molar-refractivity contribution in [3.8, 4) is 0 Å². The van der Waals surface area contributed by atoms with Crippen molar-refractivity contribution in [2.75, 3.05) is 26.3 Å². The Morgan fingerprint density at radius 1 is 1.33 bits per heavy atom. The van der Waals surface area contributed by atoms with Gasteiger partial charge >= 0.3 is 6.09 Å². The Hall–Kier alpha value is -1.14. The van der Waals surface area contributed by atoms with E-state index in [0.29, 0.717) is 31.8 Å². The van der Waals surface area contributed by atoms with Gasteiger partial charge in [0.2, 0.25) is 0 Å². The minimum absolute atomic E-state index is 0.0817. The number of alkyl carbamates (subject to hydrolysis) is 1. The van der Waals surface area contributed by atoms with E-state index < -0.39 is 11.7 Å². The summed E-state index contributed by atoms with van der Waals surface area (Å²) in [5, 5.41) is 2.92. The average molecular weight is 298 g/mol. The Labute approximate surface area is 126 Å². The Balaban J connectivity index is 1.92. The maximum atomic E-state index is 11.9. The predicted molar refractivity (Wildman–Crippen MR) is 78.2 cm³/mol. The van der Waals surface area contributed by atoms with Crippen LogP contribution >= 0.6 is 0 Å². The molecule has 21 heavy (non-hydrogen) atoms. The van der Waals surface area contributed by atoms with E-state index >= 15 is 0 Å². The second kappa shape index (κ2) is 6.75. The normalized spacial score (nSPS) is 28.2. The van der Waals surface area contributed by atoms with Crippen molar-refractivity contribution in [2.24, 2.45) is 0 Å². The first-order valence-electron chi connectivity index (χ1n) is 7.68. The zero-order valence-corrected chi connectivity index (χ0v) is 13.2. The summed E-state index contributed by atoms with van der Waals surface area (Å²) >= 11 is 0. The number of nitrogens with zero attached hydrogens (tertiary/aromatic N) is 1. The molecule has 0 aromatic carbocycles. The van der Waals surface area contributed by atoms with Crippen LogP contribution in [0.1, 0.15) is 40.0 Å². The lowest BCUT2D eigenvalue weighted by Gasteiger charge is -2.41. The molecule has 2 saturated heterocycles. The molecule has 2 aliphatic rings. The van der Waals surface area contributed by atoms with Gasteiger partial charge in [-0.05, 0) is 27.2 Å². The van der Waals surface area contributed by atoms with Crippen LogP contribution < -0.4 is 5.32 Å². The Morgan fingerprint density at radius 2 is 2.00 bits per heavy atom. The number of ether oxygens (including phenoxy) is 2. The number of Topliss-reactive ketones (excluding diaryl/α,β-unsaturated/α-hetero) is 1. The highest BCUT2D eigenvalue weighted by Gasteiger charge is 2.34. The molecular formula is C15H26N2O4. The molecule has 6 nitrogen and oxygen atoms in total. The zero-order chi connectivity index (χ0) is 15.5. The van der Waals surface area contributed by atoms with Gasteiger partial charge in [0, 0.05) is 38.6 Å². The van der Waals surface area contributed by atoms with Crippen LogP contribution in [0.3, 0.4) is 0 Å². The lowest BCUT2D eigenvalue weighted by Crippen LogP contribution is -2.58. The van der Waals surface area contributed by atoms with Crippen molar-refractivity contribution in [3.63, 3.8) is 0 Å². The van der Waals surface area contributed by atoms with Crippen molar-refractivity contribution >= 4 is 11.9 Å². The highest BCUT2D eigenvalue weighted by atomic mass is 16.6. The van der Waals surface area contributed by atoms with Gasteiger partial charge in [0.05, 0.1) is 12.6 Å². The molecule has 0 aromatic heterocycles. The van der Waals surface area contributed by atoms with Crippen molar-refractivity contribution < 1.29 is 19.1 Å². The van der Waals surface area contributed by atoms with Crippen molar-refractivity contribution in [2.45, 2.75) is 57.7 Å². The molecule has 120 valence electrons. The van der Waals surface area contributed by atoms with Gasteiger partial charge in [-0.1, -0.05) is 0 Å². The van der Waals surface area contributed by atoms with Gasteiger partial charge in [0.15, 0.2) is 0 Å². The van der Waals surface area contributed by atoms with Crippen molar-refractivity contribution in [1.82, 2.24) is 10.2 Å². The molecule has 2 heterocycles. The van der Waals surface area contributed by atoms with Gasteiger partial charge in [-0.25, -0.2) is 4.79 Å². The molecule has 6 heteroatoms. The van der Waals surface area contributed by atoms with Crippen LogP contribution in [0.15, 0.2) is 0 Å². The fourth-order valence-corrected chi connectivity index (χ4v) is 2.87. The minimum atomic E-state index is -0.507. The molecule has 2 atom stereocenters. The Morgan fingerprint density at radius 3 is 2.62 bits per heavy atom. The number of piperidine rings is 1. The van der Waals surface area contributed by atoms with E-state index in [9.17, 15) is 9.59 Å². The molecule has 1 N–H and O–H groups in total. The molecule has 0 aromatic rings. The molecule has 0 spiro atoms. The Kier molecular flexibility index (Phi) is 5.22. The average Bonchev–Trinajstić information content (AvgIpc) is 2.38. The number of rotatable bonds is 2. The number of carbonyl (C=O) groups excluding carboxylic acids is 2. The van der Waals surface area contributed by atoms with Crippen LogP contribution in [0.5, 0.6) is 0 Å². The number of likely N-dealkylation sites (tertiary alicyclic amines) is 1. The van der Waals surface area contributed by atoms with Crippen LogP contribution in [0.25, 0.3) is 0 Å². The van der Waals surface area contributed by atoms with Crippen LogP contribution in [-0.4, -0.2) is 60.8 Å². The quantitative estimate of drug-likeness (QED) is 0.833. The third kappa shape index (κ3) is 4.97. The third-order valence-corrected chi connectivity index (χ3v) is 3.85. The van der Waals surface area contributed by atoms with Gasteiger partial charge in [-0.2, -0.15) is 0 Å². The maximum Gasteiger partial charge on any atom is 0.408 e. The SMILES string of the molecule is CC(C)(C)OC(=O)NC1COCCC1N1CCC(=O)CC1. The number of ketones is 1. The minimum Gasteiger partial charge on any atom is -0.444 e. The molecule has 0 aliphatic carbocycles. The monoisotopic (exact) mass is 298 g/mol. The summed E-state index contributed by atoms with van der Waals surface area (Å²) in [5.41, 5.74) is -0.507. The van der Waals surface area contributed by atoms with Crippen LogP contribution in [0.2, 0.25) is 0 Å².